The van der Waals surface area contributed by atoms with Crippen LogP contribution in [0.4, 0.5) is 0 Å². The number of aryl methyl sites for hydroxylation is 1. The summed E-state index contributed by atoms with van der Waals surface area (Å²) in [5, 5.41) is 2.51. The topological polar surface area (TPSA) is 30.7 Å². The van der Waals surface area contributed by atoms with Crippen LogP contribution in [0.1, 0.15) is 27.8 Å². The third-order valence-corrected chi connectivity index (χ3v) is 12.3. The number of benzene rings is 8. The van der Waals surface area contributed by atoms with Crippen molar-refractivity contribution in [2.45, 2.75) is 12.3 Å². The second-order valence-corrected chi connectivity index (χ2v) is 15.4. The molecule has 1 spiro atoms. The minimum Gasteiger partial charge on any atom is -0.309 e. The van der Waals surface area contributed by atoms with Gasteiger partial charge >= 0.3 is 0 Å². The summed E-state index contributed by atoms with van der Waals surface area (Å²) in [5.74, 6) is 0.717. The lowest BCUT2D eigenvalue weighted by atomic mass is 9.65. The van der Waals surface area contributed by atoms with Gasteiger partial charge in [0.15, 0.2) is 5.82 Å². The van der Waals surface area contributed by atoms with Crippen molar-refractivity contribution in [3.8, 4) is 61.8 Å². The summed E-state index contributed by atoms with van der Waals surface area (Å²) < 4.78 is 2.52. The summed E-state index contributed by atoms with van der Waals surface area (Å²) in [4.78, 5) is 10.3. The van der Waals surface area contributed by atoms with Crippen LogP contribution in [0, 0.1) is 6.92 Å². The van der Waals surface area contributed by atoms with E-state index in [0.29, 0.717) is 0 Å². The Morgan fingerprint density at radius 2 is 1.02 bits per heavy atom. The number of nitrogens with zero attached hydrogens (tertiary/aromatic N) is 3. The van der Waals surface area contributed by atoms with Gasteiger partial charge in [-0.05, 0) is 93.4 Å². The van der Waals surface area contributed by atoms with Crippen LogP contribution in [0.25, 0.3) is 83.6 Å². The Balaban J connectivity index is 1.14. The molecule has 0 N–H and O–H groups in total. The molecule has 3 nitrogen and oxygen atoms in total. The van der Waals surface area contributed by atoms with E-state index in [1.807, 2.05) is 18.2 Å². The molecule has 12 rings (SSSR count). The first-order valence-corrected chi connectivity index (χ1v) is 19.7. The van der Waals surface area contributed by atoms with Crippen molar-refractivity contribution in [2.24, 2.45) is 0 Å². The lowest BCUT2D eigenvalue weighted by Crippen LogP contribution is -2.33. The predicted molar refractivity (Wildman–Crippen MR) is 234 cm³/mol. The van der Waals surface area contributed by atoms with Crippen molar-refractivity contribution in [3.63, 3.8) is 0 Å². The summed E-state index contributed by atoms with van der Waals surface area (Å²) in [7, 11) is 0. The summed E-state index contributed by atoms with van der Waals surface area (Å²) in [6.45, 7) is 2.14. The lowest BCUT2D eigenvalue weighted by Gasteiger charge is -2.39. The van der Waals surface area contributed by atoms with Gasteiger partial charge in [-0.2, -0.15) is 0 Å². The van der Waals surface area contributed by atoms with Gasteiger partial charge in [0.1, 0.15) is 0 Å². The molecule has 266 valence electrons. The van der Waals surface area contributed by atoms with E-state index in [0.717, 1.165) is 39.5 Å². The normalized spacial score (nSPS) is 13.1. The Morgan fingerprint density at radius 3 is 1.81 bits per heavy atom. The number of rotatable bonds is 4. The van der Waals surface area contributed by atoms with Crippen molar-refractivity contribution >= 4 is 21.8 Å². The van der Waals surface area contributed by atoms with E-state index in [4.69, 9.17) is 9.97 Å². The molecule has 0 saturated carbocycles. The number of hydrogen-bond acceptors (Lipinski definition) is 2. The second-order valence-electron chi connectivity index (χ2n) is 15.4. The maximum Gasteiger partial charge on any atom is 0.160 e. The highest BCUT2D eigenvalue weighted by Gasteiger charge is 2.50. The largest absolute Gasteiger partial charge is 0.309 e. The monoisotopic (exact) mass is 725 g/mol. The van der Waals surface area contributed by atoms with Crippen molar-refractivity contribution in [2.75, 3.05) is 0 Å². The predicted octanol–water partition coefficient (Wildman–Crippen LogP) is 13.2. The average Bonchev–Trinajstić information content (AvgIpc) is 3.77. The Bertz CT molecular complexity index is 3220. The molecule has 0 unspecified atom stereocenters. The first-order valence-electron chi connectivity index (χ1n) is 19.7. The minimum absolute atomic E-state index is 0.500. The molecule has 0 radical (unpaired) electrons. The molecule has 3 heteroatoms. The quantitative estimate of drug-likeness (QED) is 0.181. The molecule has 57 heavy (non-hydrogen) atoms. The molecule has 2 aromatic heterocycles. The van der Waals surface area contributed by atoms with E-state index in [2.05, 4.69) is 187 Å². The van der Waals surface area contributed by atoms with Gasteiger partial charge in [0.25, 0.3) is 0 Å². The van der Waals surface area contributed by atoms with E-state index in [1.54, 1.807) is 0 Å². The molecule has 1 aliphatic carbocycles. The molecule has 0 amide bonds. The fourth-order valence-corrected chi connectivity index (χ4v) is 9.91. The van der Waals surface area contributed by atoms with Gasteiger partial charge in [-0.15, -0.1) is 0 Å². The van der Waals surface area contributed by atoms with Crippen molar-refractivity contribution < 1.29 is 0 Å². The highest BCUT2D eigenvalue weighted by Crippen LogP contribution is 2.61. The van der Waals surface area contributed by atoms with Crippen molar-refractivity contribution in [1.82, 2.24) is 14.5 Å². The fraction of sp³-hybridized carbons (Fsp3) is 0.0370. The Kier molecular flexibility index (Phi) is 6.76. The zero-order valence-electron chi connectivity index (χ0n) is 31.3. The minimum atomic E-state index is -0.500. The maximum atomic E-state index is 5.22. The van der Waals surface area contributed by atoms with E-state index < -0.39 is 5.41 Å². The Morgan fingerprint density at radius 1 is 0.404 bits per heavy atom. The van der Waals surface area contributed by atoms with Gasteiger partial charge in [-0.25, -0.2) is 9.97 Å². The molecule has 0 saturated heterocycles. The first-order chi connectivity index (χ1) is 28.2. The SMILES string of the molecule is Cc1ccccc1-c1cc(-c2cccc(-c3cc4c5c(c3)c3ccccc3n5-c3ccccc3C43c4ccccc4-c4ccccc43)c2)nc(-c2ccccc2)n1. The highest BCUT2D eigenvalue weighted by atomic mass is 15.0. The van der Waals surface area contributed by atoms with Crippen LogP contribution in [0.2, 0.25) is 0 Å². The zero-order chi connectivity index (χ0) is 37.7. The molecule has 8 aromatic carbocycles. The van der Waals surface area contributed by atoms with E-state index in [-0.39, 0.29) is 0 Å². The summed E-state index contributed by atoms with van der Waals surface area (Å²) >= 11 is 0. The molecule has 0 atom stereocenters. The lowest BCUT2D eigenvalue weighted by molar-refractivity contribution is 0.749. The van der Waals surface area contributed by atoms with Crippen LogP contribution in [-0.2, 0) is 5.41 Å². The van der Waals surface area contributed by atoms with Gasteiger partial charge in [0, 0.05) is 27.5 Å². The molecular weight excluding hydrogens is 691 g/mol. The molecule has 0 fully saturated rings. The Labute approximate surface area is 331 Å². The molecule has 0 bridgehead atoms. The van der Waals surface area contributed by atoms with Gasteiger partial charge in [0.05, 0.1) is 33.5 Å². The molecule has 1 aliphatic heterocycles. The fourth-order valence-electron chi connectivity index (χ4n) is 9.91. The highest BCUT2D eigenvalue weighted by molar-refractivity contribution is 6.14. The summed E-state index contributed by atoms with van der Waals surface area (Å²) in [6.07, 6.45) is 0. The van der Waals surface area contributed by atoms with E-state index in [9.17, 15) is 0 Å². The van der Waals surface area contributed by atoms with Crippen LogP contribution < -0.4 is 0 Å². The average molecular weight is 726 g/mol. The zero-order valence-corrected chi connectivity index (χ0v) is 31.3. The third-order valence-electron chi connectivity index (χ3n) is 12.3. The molecule has 2 aliphatic rings. The standard InChI is InChI=1S/C54H35N3/c1-34-16-5-6-21-39(34)49-33-48(55-53(56-49)35-17-3-2-4-18-35)37-20-15-19-36(30-37)38-31-43-42-24-9-13-28-50(42)57-51-29-14-12-27-46(51)54(47(32-38)52(43)57)44-25-10-7-22-40(44)41-23-8-11-26-45(41)54/h2-33H,1H3. The van der Waals surface area contributed by atoms with E-state index in [1.165, 1.54) is 72.0 Å². The number of fused-ring (bicyclic) bond motifs is 12. The van der Waals surface area contributed by atoms with Crippen LogP contribution >= 0.6 is 0 Å². The number of para-hydroxylation sites is 2. The first kappa shape index (κ1) is 31.9. The van der Waals surface area contributed by atoms with Gasteiger partial charge in [0.2, 0.25) is 0 Å². The Hall–Kier alpha value is -7.36. The van der Waals surface area contributed by atoms with Crippen LogP contribution in [0.3, 0.4) is 0 Å². The van der Waals surface area contributed by atoms with Crippen LogP contribution in [-0.4, -0.2) is 14.5 Å². The molecule has 3 heterocycles. The molecular formula is C54H35N3. The van der Waals surface area contributed by atoms with Gasteiger partial charge in [-0.1, -0.05) is 158 Å². The number of hydrogen-bond donors (Lipinski definition) is 0. The van der Waals surface area contributed by atoms with Gasteiger partial charge in [-0.3, -0.25) is 0 Å². The van der Waals surface area contributed by atoms with Crippen LogP contribution in [0.5, 0.6) is 0 Å². The molecule has 10 aromatic rings. The number of aromatic nitrogens is 3. The maximum absolute atomic E-state index is 5.22. The van der Waals surface area contributed by atoms with E-state index >= 15 is 0 Å². The van der Waals surface area contributed by atoms with Gasteiger partial charge < -0.3 is 4.57 Å². The second kappa shape index (κ2) is 12.1. The summed E-state index contributed by atoms with van der Waals surface area (Å²) in [5.41, 5.74) is 19.6. The third kappa shape index (κ3) is 4.48. The summed E-state index contributed by atoms with van der Waals surface area (Å²) in [6, 6.07) is 70.8. The van der Waals surface area contributed by atoms with Crippen LogP contribution in [0.15, 0.2) is 194 Å². The van der Waals surface area contributed by atoms with Crippen molar-refractivity contribution in [3.05, 3.63) is 222 Å². The van der Waals surface area contributed by atoms with Crippen molar-refractivity contribution in [1.29, 1.82) is 0 Å². The smallest absolute Gasteiger partial charge is 0.160 e.